The number of likely N-dealkylation sites (N-methyl/N-ethyl adjacent to an activating group) is 1. The Hall–Kier alpha value is -1.99. The molecule has 1 aliphatic rings. The number of hydrogen-bond acceptors (Lipinski definition) is 5. The van der Waals surface area contributed by atoms with Gasteiger partial charge in [-0.2, -0.15) is 0 Å². The molecule has 1 aromatic rings. The Morgan fingerprint density at radius 1 is 1.13 bits per heavy atom. The first-order valence-corrected chi connectivity index (χ1v) is 11.2. The van der Waals surface area contributed by atoms with Crippen molar-refractivity contribution in [3.63, 3.8) is 0 Å². The molecule has 0 amide bonds. The monoisotopic (exact) mass is 420 g/mol. The average molecular weight is 421 g/mol. The van der Waals surface area contributed by atoms with Crippen molar-refractivity contribution in [3.8, 4) is 11.5 Å². The molecule has 7 nitrogen and oxygen atoms in total. The maximum absolute atomic E-state index is 5.93. The van der Waals surface area contributed by atoms with Gasteiger partial charge in [0.05, 0.1) is 7.11 Å². The van der Waals surface area contributed by atoms with E-state index in [0.29, 0.717) is 13.2 Å². The lowest BCUT2D eigenvalue weighted by atomic mass is 10.2. The summed E-state index contributed by atoms with van der Waals surface area (Å²) in [6, 6.07) is 6.05. The van der Waals surface area contributed by atoms with Crippen molar-refractivity contribution in [2.75, 3.05) is 60.2 Å². The van der Waals surface area contributed by atoms with Crippen molar-refractivity contribution in [2.45, 2.75) is 39.7 Å². The highest BCUT2D eigenvalue weighted by Crippen LogP contribution is 2.29. The van der Waals surface area contributed by atoms with Crippen LogP contribution in [0.3, 0.4) is 0 Å². The Bertz CT molecular complexity index is 631. The molecular formula is C23H40N4O3. The van der Waals surface area contributed by atoms with Crippen LogP contribution < -0.4 is 20.1 Å². The number of nitrogens with one attached hydrogen (secondary N) is 2. The van der Waals surface area contributed by atoms with Crippen molar-refractivity contribution in [1.82, 2.24) is 15.5 Å². The molecule has 0 radical (unpaired) electrons. The minimum atomic E-state index is 0.649. The number of guanidine groups is 1. The third kappa shape index (κ3) is 9.22. The van der Waals surface area contributed by atoms with Gasteiger partial charge in [0, 0.05) is 39.9 Å². The smallest absolute Gasteiger partial charge is 0.191 e. The summed E-state index contributed by atoms with van der Waals surface area (Å²) in [6.45, 7) is 11.2. The minimum Gasteiger partial charge on any atom is -0.493 e. The molecule has 0 bridgehead atoms. The highest BCUT2D eigenvalue weighted by Gasteiger charge is 2.20. The third-order valence-corrected chi connectivity index (χ3v) is 5.28. The summed E-state index contributed by atoms with van der Waals surface area (Å²) in [5.41, 5.74) is 1.11. The maximum atomic E-state index is 5.93. The van der Waals surface area contributed by atoms with E-state index in [2.05, 4.69) is 40.4 Å². The van der Waals surface area contributed by atoms with Crippen LogP contribution in [0.25, 0.3) is 0 Å². The molecule has 1 aliphatic carbocycles. The van der Waals surface area contributed by atoms with Gasteiger partial charge in [-0.15, -0.1) is 0 Å². The van der Waals surface area contributed by atoms with Crippen LogP contribution in [-0.4, -0.2) is 71.0 Å². The van der Waals surface area contributed by atoms with Gasteiger partial charge in [-0.1, -0.05) is 19.9 Å². The zero-order chi connectivity index (χ0) is 21.6. The van der Waals surface area contributed by atoms with Crippen molar-refractivity contribution >= 4 is 5.96 Å². The molecule has 2 N–H and O–H groups in total. The SMILES string of the molecule is CCN(CC)CCOc1ccc(CNC(=NC)NCCCOCC2CC2)cc1OC. The highest BCUT2D eigenvalue weighted by atomic mass is 16.5. The lowest BCUT2D eigenvalue weighted by molar-refractivity contribution is 0.123. The standard InChI is InChI=1S/C23H40N4O3/c1-5-27(6-2)13-15-30-21-11-10-20(16-22(21)28-4)17-26-23(24-3)25-12-7-14-29-18-19-8-9-19/h10-11,16,19H,5-9,12-15,17-18H2,1-4H3,(H2,24,25,26). The quantitative estimate of drug-likeness (QED) is 0.258. The Labute approximate surface area is 182 Å². The number of benzene rings is 1. The number of methoxy groups -OCH3 is 1. The fourth-order valence-electron chi connectivity index (χ4n) is 3.09. The van der Waals surface area contributed by atoms with Crippen LogP contribution in [0, 0.1) is 5.92 Å². The predicted molar refractivity (Wildman–Crippen MR) is 123 cm³/mol. The average Bonchev–Trinajstić information content (AvgIpc) is 3.60. The Morgan fingerprint density at radius 2 is 1.93 bits per heavy atom. The third-order valence-electron chi connectivity index (χ3n) is 5.28. The van der Waals surface area contributed by atoms with E-state index in [1.54, 1.807) is 14.2 Å². The molecule has 0 saturated heterocycles. The molecule has 0 heterocycles. The van der Waals surface area contributed by atoms with Crippen LogP contribution in [0.2, 0.25) is 0 Å². The largest absolute Gasteiger partial charge is 0.493 e. The summed E-state index contributed by atoms with van der Waals surface area (Å²) in [7, 11) is 3.46. The van der Waals surface area contributed by atoms with Gasteiger partial charge >= 0.3 is 0 Å². The summed E-state index contributed by atoms with van der Waals surface area (Å²) in [6.07, 6.45) is 3.65. The Morgan fingerprint density at radius 3 is 2.60 bits per heavy atom. The lowest BCUT2D eigenvalue weighted by Gasteiger charge is -2.19. The second-order valence-electron chi connectivity index (χ2n) is 7.58. The first-order valence-electron chi connectivity index (χ1n) is 11.2. The van der Waals surface area contributed by atoms with Crippen LogP contribution >= 0.6 is 0 Å². The molecule has 0 spiro atoms. The second-order valence-corrected chi connectivity index (χ2v) is 7.58. The van der Waals surface area contributed by atoms with E-state index in [4.69, 9.17) is 14.2 Å². The topological polar surface area (TPSA) is 67.4 Å². The Kier molecular flexibility index (Phi) is 11.4. The number of nitrogens with zero attached hydrogens (tertiary/aromatic N) is 2. The molecule has 2 rings (SSSR count). The van der Waals surface area contributed by atoms with Crippen molar-refractivity contribution in [1.29, 1.82) is 0 Å². The van der Waals surface area contributed by atoms with Crippen molar-refractivity contribution in [2.24, 2.45) is 10.9 Å². The molecule has 170 valence electrons. The molecule has 0 atom stereocenters. The molecule has 7 heteroatoms. The predicted octanol–water partition coefficient (Wildman–Crippen LogP) is 2.90. The van der Waals surface area contributed by atoms with Crippen molar-refractivity contribution in [3.05, 3.63) is 23.8 Å². The molecule has 30 heavy (non-hydrogen) atoms. The fraction of sp³-hybridized carbons (Fsp3) is 0.696. The molecule has 1 fully saturated rings. The molecule has 1 saturated carbocycles. The molecule has 0 unspecified atom stereocenters. The second kappa shape index (κ2) is 14.1. The van der Waals surface area contributed by atoms with Crippen LogP contribution in [0.15, 0.2) is 23.2 Å². The van der Waals surface area contributed by atoms with E-state index in [1.807, 2.05) is 12.1 Å². The normalized spacial score (nSPS) is 14.1. The van der Waals surface area contributed by atoms with E-state index in [9.17, 15) is 0 Å². The van der Waals surface area contributed by atoms with E-state index in [-0.39, 0.29) is 0 Å². The van der Waals surface area contributed by atoms with E-state index < -0.39 is 0 Å². The van der Waals surface area contributed by atoms with Gasteiger partial charge in [0.15, 0.2) is 17.5 Å². The van der Waals surface area contributed by atoms with Gasteiger partial charge < -0.3 is 29.7 Å². The summed E-state index contributed by atoms with van der Waals surface area (Å²) < 4.78 is 17.1. The van der Waals surface area contributed by atoms with Crippen LogP contribution in [-0.2, 0) is 11.3 Å². The number of aliphatic imine (C=N–C) groups is 1. The van der Waals surface area contributed by atoms with Gasteiger partial charge in [-0.3, -0.25) is 4.99 Å². The highest BCUT2D eigenvalue weighted by molar-refractivity contribution is 5.79. The molecule has 0 aliphatic heterocycles. The molecule has 1 aromatic carbocycles. The summed E-state index contributed by atoms with van der Waals surface area (Å²) >= 11 is 0. The van der Waals surface area contributed by atoms with Gasteiger partial charge in [-0.25, -0.2) is 0 Å². The summed E-state index contributed by atoms with van der Waals surface area (Å²) in [5.74, 6) is 3.14. The van der Waals surface area contributed by atoms with Gasteiger partial charge in [0.1, 0.15) is 6.61 Å². The zero-order valence-electron chi connectivity index (χ0n) is 19.2. The Balaban J connectivity index is 1.70. The summed E-state index contributed by atoms with van der Waals surface area (Å²) in [4.78, 5) is 6.62. The van der Waals surface area contributed by atoms with Gasteiger partial charge in [0.2, 0.25) is 0 Å². The van der Waals surface area contributed by atoms with Crippen LogP contribution in [0.4, 0.5) is 0 Å². The number of ether oxygens (including phenoxy) is 3. The van der Waals surface area contributed by atoms with E-state index >= 15 is 0 Å². The van der Waals surface area contributed by atoms with Gasteiger partial charge in [-0.05, 0) is 56.0 Å². The van der Waals surface area contributed by atoms with Crippen LogP contribution in [0.5, 0.6) is 11.5 Å². The van der Waals surface area contributed by atoms with E-state index in [1.165, 1.54) is 12.8 Å². The minimum absolute atomic E-state index is 0.649. The number of rotatable bonds is 15. The van der Waals surface area contributed by atoms with E-state index in [0.717, 1.165) is 74.8 Å². The van der Waals surface area contributed by atoms with Crippen molar-refractivity contribution < 1.29 is 14.2 Å². The van der Waals surface area contributed by atoms with Gasteiger partial charge in [0.25, 0.3) is 0 Å². The number of hydrogen-bond donors (Lipinski definition) is 2. The fourth-order valence-corrected chi connectivity index (χ4v) is 3.09. The molecule has 0 aromatic heterocycles. The first-order chi connectivity index (χ1) is 14.7. The molecular weight excluding hydrogens is 380 g/mol. The first kappa shape index (κ1) is 24.3. The lowest BCUT2D eigenvalue weighted by Crippen LogP contribution is -2.37. The zero-order valence-corrected chi connectivity index (χ0v) is 19.2. The van der Waals surface area contributed by atoms with Crippen LogP contribution in [0.1, 0.15) is 38.7 Å². The summed E-state index contributed by atoms with van der Waals surface area (Å²) in [5, 5.41) is 6.68. The maximum Gasteiger partial charge on any atom is 0.191 e.